The SMILES string of the molecule is CCOC(=O)CCNC1(CC(=O)OCC)CCCc2c(Cl)cc(-n3c(C)ccc3C)c(Br)c21. The van der Waals surface area contributed by atoms with E-state index in [0.29, 0.717) is 24.8 Å². The summed E-state index contributed by atoms with van der Waals surface area (Å²) >= 11 is 10.7. The maximum Gasteiger partial charge on any atom is 0.308 e. The number of nitrogens with one attached hydrogen (secondary N) is 1. The molecule has 1 aromatic carbocycles. The summed E-state index contributed by atoms with van der Waals surface area (Å²) < 4.78 is 13.5. The Hall–Kier alpha value is -1.83. The van der Waals surface area contributed by atoms with Gasteiger partial charge in [-0.25, -0.2) is 0 Å². The predicted octanol–water partition coefficient (Wildman–Crippen LogP) is 5.54. The van der Waals surface area contributed by atoms with Gasteiger partial charge < -0.3 is 19.4 Å². The summed E-state index contributed by atoms with van der Waals surface area (Å²) in [5.74, 6) is -0.549. The first kappa shape index (κ1) is 25.8. The Morgan fingerprint density at radius 1 is 1.15 bits per heavy atom. The summed E-state index contributed by atoms with van der Waals surface area (Å²) in [5.41, 5.74) is 4.40. The number of carbonyl (C=O) groups is 2. The summed E-state index contributed by atoms with van der Waals surface area (Å²) in [6.45, 7) is 8.73. The van der Waals surface area contributed by atoms with Crippen molar-refractivity contribution < 1.29 is 19.1 Å². The van der Waals surface area contributed by atoms with Crippen molar-refractivity contribution >= 4 is 39.5 Å². The lowest BCUT2D eigenvalue weighted by molar-refractivity contribution is -0.145. The lowest BCUT2D eigenvalue weighted by Gasteiger charge is -2.41. The molecule has 3 rings (SSSR count). The smallest absolute Gasteiger partial charge is 0.308 e. The molecule has 0 amide bonds. The van der Waals surface area contributed by atoms with Crippen molar-refractivity contribution in [3.8, 4) is 5.69 Å². The van der Waals surface area contributed by atoms with Crippen LogP contribution in [0.25, 0.3) is 5.69 Å². The molecule has 1 aliphatic rings. The second-order valence-electron chi connectivity index (χ2n) is 8.40. The van der Waals surface area contributed by atoms with Crippen LogP contribution in [-0.2, 0) is 31.0 Å². The molecule has 1 heterocycles. The van der Waals surface area contributed by atoms with E-state index in [0.717, 1.165) is 51.9 Å². The van der Waals surface area contributed by atoms with E-state index in [9.17, 15) is 9.59 Å². The third-order valence-electron chi connectivity index (χ3n) is 6.17. The molecule has 2 aromatic rings. The van der Waals surface area contributed by atoms with Crippen LogP contribution in [0.5, 0.6) is 0 Å². The number of rotatable bonds is 9. The van der Waals surface area contributed by atoms with Gasteiger partial charge in [-0.3, -0.25) is 9.59 Å². The molecule has 6 nitrogen and oxygen atoms in total. The molecule has 0 fully saturated rings. The van der Waals surface area contributed by atoms with Gasteiger partial charge in [-0.05, 0) is 92.2 Å². The first-order valence-electron chi connectivity index (χ1n) is 11.5. The second kappa shape index (κ2) is 11.1. The lowest BCUT2D eigenvalue weighted by Crippen LogP contribution is -2.48. The fraction of sp³-hybridized carbons (Fsp3) is 0.520. The van der Waals surface area contributed by atoms with E-state index in [1.165, 1.54) is 0 Å². The number of hydrogen-bond acceptors (Lipinski definition) is 5. The minimum Gasteiger partial charge on any atom is -0.466 e. The zero-order valence-corrected chi connectivity index (χ0v) is 22.1. The van der Waals surface area contributed by atoms with Crippen LogP contribution in [-0.4, -0.2) is 36.3 Å². The van der Waals surface area contributed by atoms with Gasteiger partial charge in [0.2, 0.25) is 0 Å². The van der Waals surface area contributed by atoms with Crippen molar-refractivity contribution in [1.29, 1.82) is 0 Å². The molecule has 0 bridgehead atoms. The zero-order valence-electron chi connectivity index (χ0n) is 19.7. The molecule has 0 aliphatic heterocycles. The average molecular weight is 540 g/mol. The second-order valence-corrected chi connectivity index (χ2v) is 9.60. The van der Waals surface area contributed by atoms with Crippen LogP contribution in [0.15, 0.2) is 22.7 Å². The van der Waals surface area contributed by atoms with Gasteiger partial charge in [0, 0.05) is 27.4 Å². The highest BCUT2D eigenvalue weighted by Crippen LogP contribution is 2.47. The van der Waals surface area contributed by atoms with Gasteiger partial charge in [0.25, 0.3) is 0 Å². The van der Waals surface area contributed by atoms with Crippen LogP contribution in [0.1, 0.15) is 62.0 Å². The van der Waals surface area contributed by atoms with E-state index in [1.807, 2.05) is 6.07 Å². The molecule has 8 heteroatoms. The van der Waals surface area contributed by atoms with Crippen LogP contribution in [0, 0.1) is 13.8 Å². The maximum atomic E-state index is 12.7. The Balaban J connectivity index is 2.12. The molecule has 1 unspecified atom stereocenters. The number of aromatic nitrogens is 1. The minimum atomic E-state index is -0.709. The molecule has 0 saturated carbocycles. The van der Waals surface area contributed by atoms with Gasteiger partial charge in [0.05, 0.1) is 37.3 Å². The van der Waals surface area contributed by atoms with E-state index in [-0.39, 0.29) is 24.8 Å². The fourth-order valence-electron chi connectivity index (χ4n) is 4.81. The van der Waals surface area contributed by atoms with E-state index in [2.05, 4.69) is 51.8 Å². The van der Waals surface area contributed by atoms with E-state index in [1.54, 1.807) is 13.8 Å². The highest BCUT2D eigenvalue weighted by Gasteiger charge is 2.42. The summed E-state index contributed by atoms with van der Waals surface area (Å²) in [4.78, 5) is 24.7. The molecule has 0 saturated heterocycles. The van der Waals surface area contributed by atoms with Crippen molar-refractivity contribution in [3.63, 3.8) is 0 Å². The minimum absolute atomic E-state index is 0.151. The zero-order chi connectivity index (χ0) is 24.2. The van der Waals surface area contributed by atoms with Gasteiger partial charge in [0.1, 0.15) is 0 Å². The Labute approximate surface area is 209 Å². The van der Waals surface area contributed by atoms with E-state index in [4.69, 9.17) is 21.1 Å². The average Bonchev–Trinajstić information content (AvgIpc) is 3.09. The van der Waals surface area contributed by atoms with Crippen molar-refractivity contribution in [2.24, 2.45) is 0 Å². The monoisotopic (exact) mass is 538 g/mol. The molecule has 1 aromatic heterocycles. The van der Waals surface area contributed by atoms with Gasteiger partial charge in [-0.2, -0.15) is 0 Å². The van der Waals surface area contributed by atoms with Crippen LogP contribution < -0.4 is 5.32 Å². The number of carbonyl (C=O) groups excluding carboxylic acids is 2. The first-order valence-corrected chi connectivity index (χ1v) is 12.6. The maximum absolute atomic E-state index is 12.7. The van der Waals surface area contributed by atoms with Crippen LogP contribution in [0.3, 0.4) is 0 Å². The first-order chi connectivity index (χ1) is 15.7. The number of halogens is 2. The number of nitrogens with zero attached hydrogens (tertiary/aromatic N) is 1. The molecule has 0 radical (unpaired) electrons. The normalized spacial score (nSPS) is 17.5. The van der Waals surface area contributed by atoms with Crippen molar-refractivity contribution in [3.05, 3.63) is 50.2 Å². The van der Waals surface area contributed by atoms with Crippen LogP contribution in [0.4, 0.5) is 0 Å². The third kappa shape index (κ3) is 5.47. The highest BCUT2D eigenvalue weighted by atomic mass is 79.9. The van der Waals surface area contributed by atoms with Crippen LogP contribution >= 0.6 is 27.5 Å². The lowest BCUT2D eigenvalue weighted by atomic mass is 9.74. The molecular formula is C25H32BrClN2O4. The summed E-state index contributed by atoms with van der Waals surface area (Å²) in [7, 11) is 0. The standard InChI is InChI=1S/C25H32BrClN2O4/c1-5-32-21(30)11-13-28-25(15-22(31)33-6-2)12-7-8-18-19(27)14-20(24(26)23(18)25)29-16(3)9-10-17(29)4/h9-10,14,28H,5-8,11-13,15H2,1-4H3. The van der Waals surface area contributed by atoms with E-state index < -0.39 is 5.54 Å². The Kier molecular flexibility index (Phi) is 8.65. The summed E-state index contributed by atoms with van der Waals surface area (Å²) in [5, 5.41) is 4.22. The Morgan fingerprint density at radius 2 is 1.79 bits per heavy atom. The molecular weight excluding hydrogens is 508 g/mol. The van der Waals surface area contributed by atoms with Crippen molar-refractivity contribution in [2.45, 2.75) is 65.3 Å². The Morgan fingerprint density at radius 3 is 2.42 bits per heavy atom. The number of fused-ring (bicyclic) bond motifs is 1. The summed E-state index contributed by atoms with van der Waals surface area (Å²) in [6, 6.07) is 6.13. The molecule has 180 valence electrons. The number of hydrogen-bond donors (Lipinski definition) is 1. The summed E-state index contributed by atoms with van der Waals surface area (Å²) in [6.07, 6.45) is 2.78. The molecule has 1 atom stereocenters. The predicted molar refractivity (Wildman–Crippen MR) is 133 cm³/mol. The van der Waals surface area contributed by atoms with Crippen LogP contribution in [0.2, 0.25) is 5.02 Å². The highest BCUT2D eigenvalue weighted by molar-refractivity contribution is 9.10. The topological polar surface area (TPSA) is 69.6 Å². The fourth-order valence-corrected chi connectivity index (χ4v) is 6.01. The molecule has 33 heavy (non-hydrogen) atoms. The van der Waals surface area contributed by atoms with Gasteiger partial charge in [0.15, 0.2) is 0 Å². The van der Waals surface area contributed by atoms with Crippen molar-refractivity contribution in [2.75, 3.05) is 19.8 Å². The number of esters is 2. The van der Waals surface area contributed by atoms with Gasteiger partial charge in [-0.15, -0.1) is 0 Å². The number of benzene rings is 1. The quantitative estimate of drug-likeness (QED) is 0.424. The van der Waals surface area contributed by atoms with E-state index >= 15 is 0 Å². The van der Waals surface area contributed by atoms with Gasteiger partial charge in [-0.1, -0.05) is 11.6 Å². The molecule has 1 N–H and O–H groups in total. The number of aryl methyl sites for hydroxylation is 2. The third-order valence-corrected chi connectivity index (χ3v) is 7.31. The molecule has 1 aliphatic carbocycles. The van der Waals surface area contributed by atoms with Gasteiger partial charge >= 0.3 is 11.9 Å². The number of ether oxygens (including phenoxy) is 2. The van der Waals surface area contributed by atoms with Crippen molar-refractivity contribution in [1.82, 2.24) is 9.88 Å². The largest absolute Gasteiger partial charge is 0.466 e. The molecule has 0 spiro atoms. The Bertz CT molecular complexity index is 1020.